The number of amides is 2. The Labute approximate surface area is 170 Å². The molecule has 2 amide bonds. The fourth-order valence-corrected chi connectivity index (χ4v) is 3.23. The third kappa shape index (κ3) is 5.99. The highest BCUT2D eigenvalue weighted by atomic mass is 32.1. The number of benzene rings is 1. The van der Waals surface area contributed by atoms with Gasteiger partial charge in [0.2, 0.25) is 5.91 Å². The highest BCUT2D eigenvalue weighted by Crippen LogP contribution is 2.28. The monoisotopic (exact) mass is 404 g/mol. The summed E-state index contributed by atoms with van der Waals surface area (Å²) in [6.45, 7) is 6.80. The van der Waals surface area contributed by atoms with Crippen molar-refractivity contribution in [2.24, 2.45) is 5.92 Å². The summed E-state index contributed by atoms with van der Waals surface area (Å²) in [6, 6.07) is 8.52. The molecule has 0 saturated carbocycles. The number of hydrogen-bond acceptors (Lipinski definition) is 5. The molecule has 1 unspecified atom stereocenters. The first-order valence-electron chi connectivity index (χ1n) is 9.38. The summed E-state index contributed by atoms with van der Waals surface area (Å²) < 4.78 is 11.0. The Balaban J connectivity index is 1.99. The zero-order valence-electron chi connectivity index (χ0n) is 16.8. The summed E-state index contributed by atoms with van der Waals surface area (Å²) in [5, 5.41) is 7.56. The lowest BCUT2D eigenvalue weighted by molar-refractivity contribution is -0.124. The number of carbonyl (C=O) groups is 2. The average Bonchev–Trinajstić information content (AvgIpc) is 3.23. The molecule has 2 aromatic rings. The van der Waals surface area contributed by atoms with Crippen LogP contribution in [0.3, 0.4) is 0 Å². The van der Waals surface area contributed by atoms with Crippen LogP contribution in [0, 0.1) is 5.92 Å². The van der Waals surface area contributed by atoms with E-state index in [9.17, 15) is 9.59 Å². The van der Waals surface area contributed by atoms with Crippen LogP contribution >= 0.6 is 11.3 Å². The van der Waals surface area contributed by atoms with E-state index in [1.54, 1.807) is 13.2 Å². The van der Waals surface area contributed by atoms with Gasteiger partial charge in [0.15, 0.2) is 11.5 Å². The third-order valence-electron chi connectivity index (χ3n) is 4.14. The molecule has 28 heavy (non-hydrogen) atoms. The number of ether oxygens (including phenoxy) is 2. The molecule has 7 heteroatoms. The summed E-state index contributed by atoms with van der Waals surface area (Å²) >= 11 is 1.35. The Morgan fingerprint density at radius 2 is 1.96 bits per heavy atom. The molecule has 1 atom stereocenters. The zero-order valence-corrected chi connectivity index (χ0v) is 17.6. The van der Waals surface area contributed by atoms with Crippen LogP contribution in [0.25, 0.3) is 0 Å². The molecule has 1 aromatic heterocycles. The van der Waals surface area contributed by atoms with Crippen LogP contribution < -0.4 is 20.1 Å². The van der Waals surface area contributed by atoms with Crippen molar-refractivity contribution in [3.63, 3.8) is 0 Å². The molecule has 6 nitrogen and oxygen atoms in total. The minimum absolute atomic E-state index is 0.0386. The van der Waals surface area contributed by atoms with E-state index in [1.807, 2.05) is 50.4 Å². The highest BCUT2D eigenvalue weighted by molar-refractivity contribution is 7.12. The standard InChI is InChI=1S/C21H28N2O4S/c1-5-10-27-16-9-8-15(12-17(16)26-4)13-22-21(25)19(14(2)3)23-20(24)18-7-6-11-28-18/h6-9,11-12,14,19H,5,10,13H2,1-4H3,(H,22,25)(H,23,24). The smallest absolute Gasteiger partial charge is 0.262 e. The van der Waals surface area contributed by atoms with Crippen molar-refractivity contribution < 1.29 is 19.1 Å². The molecule has 2 rings (SSSR count). The Hall–Kier alpha value is -2.54. The van der Waals surface area contributed by atoms with Gasteiger partial charge in [-0.05, 0) is 41.5 Å². The van der Waals surface area contributed by atoms with Crippen LogP contribution in [0.4, 0.5) is 0 Å². The summed E-state index contributed by atoms with van der Waals surface area (Å²) in [4.78, 5) is 25.5. The molecule has 0 fully saturated rings. The average molecular weight is 405 g/mol. The van der Waals surface area contributed by atoms with Gasteiger partial charge in [0.25, 0.3) is 5.91 Å². The quantitative estimate of drug-likeness (QED) is 0.634. The van der Waals surface area contributed by atoms with E-state index in [0.29, 0.717) is 29.5 Å². The van der Waals surface area contributed by atoms with Crippen molar-refractivity contribution in [3.8, 4) is 11.5 Å². The summed E-state index contributed by atoms with van der Waals surface area (Å²) in [5.41, 5.74) is 0.890. The van der Waals surface area contributed by atoms with Gasteiger partial charge in [0.05, 0.1) is 18.6 Å². The Morgan fingerprint density at radius 3 is 2.57 bits per heavy atom. The summed E-state index contributed by atoms with van der Waals surface area (Å²) in [5.74, 6) is 0.825. The first-order valence-corrected chi connectivity index (χ1v) is 10.3. The van der Waals surface area contributed by atoms with E-state index < -0.39 is 6.04 Å². The maximum absolute atomic E-state index is 12.6. The molecule has 1 heterocycles. The summed E-state index contributed by atoms with van der Waals surface area (Å²) in [6.07, 6.45) is 0.911. The van der Waals surface area contributed by atoms with Crippen molar-refractivity contribution in [2.75, 3.05) is 13.7 Å². The van der Waals surface area contributed by atoms with E-state index in [4.69, 9.17) is 9.47 Å². The second kappa shape index (κ2) is 10.7. The minimum Gasteiger partial charge on any atom is -0.493 e. The first-order chi connectivity index (χ1) is 13.5. The lowest BCUT2D eigenvalue weighted by atomic mass is 10.0. The Kier molecular flexibility index (Phi) is 8.32. The van der Waals surface area contributed by atoms with Crippen LogP contribution in [-0.2, 0) is 11.3 Å². The second-order valence-electron chi connectivity index (χ2n) is 6.72. The van der Waals surface area contributed by atoms with Gasteiger partial charge in [-0.3, -0.25) is 9.59 Å². The Morgan fingerprint density at radius 1 is 1.18 bits per heavy atom. The molecule has 1 aromatic carbocycles. The van der Waals surface area contributed by atoms with Crippen LogP contribution in [0.5, 0.6) is 11.5 Å². The van der Waals surface area contributed by atoms with E-state index in [1.165, 1.54) is 11.3 Å². The lowest BCUT2D eigenvalue weighted by Crippen LogP contribution is -2.49. The maximum atomic E-state index is 12.6. The summed E-state index contributed by atoms with van der Waals surface area (Å²) in [7, 11) is 1.59. The van der Waals surface area contributed by atoms with Gasteiger partial charge in [0.1, 0.15) is 6.04 Å². The third-order valence-corrected chi connectivity index (χ3v) is 5.01. The Bertz CT molecular complexity index is 775. The predicted molar refractivity (Wildman–Crippen MR) is 111 cm³/mol. The predicted octanol–water partition coefficient (Wildman–Crippen LogP) is 3.62. The zero-order chi connectivity index (χ0) is 20.5. The minimum atomic E-state index is -0.608. The van der Waals surface area contributed by atoms with Crippen molar-refractivity contribution in [3.05, 3.63) is 46.2 Å². The van der Waals surface area contributed by atoms with Crippen molar-refractivity contribution in [2.45, 2.75) is 39.8 Å². The van der Waals surface area contributed by atoms with Gasteiger partial charge in [-0.25, -0.2) is 0 Å². The van der Waals surface area contributed by atoms with Crippen LogP contribution in [0.2, 0.25) is 0 Å². The normalized spacial score (nSPS) is 11.8. The number of rotatable bonds is 10. The van der Waals surface area contributed by atoms with Gasteiger partial charge in [0, 0.05) is 6.54 Å². The molecular formula is C21H28N2O4S. The van der Waals surface area contributed by atoms with Crippen molar-refractivity contribution in [1.29, 1.82) is 0 Å². The fourth-order valence-electron chi connectivity index (χ4n) is 2.61. The van der Waals surface area contributed by atoms with Crippen molar-refractivity contribution >= 4 is 23.2 Å². The topological polar surface area (TPSA) is 76.7 Å². The second-order valence-corrected chi connectivity index (χ2v) is 7.67. The lowest BCUT2D eigenvalue weighted by Gasteiger charge is -2.21. The van der Waals surface area contributed by atoms with Crippen molar-refractivity contribution in [1.82, 2.24) is 10.6 Å². The van der Waals surface area contributed by atoms with Gasteiger partial charge in [-0.2, -0.15) is 0 Å². The van der Waals surface area contributed by atoms with E-state index in [-0.39, 0.29) is 17.7 Å². The number of hydrogen-bond donors (Lipinski definition) is 2. The van der Waals surface area contributed by atoms with E-state index in [0.717, 1.165) is 12.0 Å². The van der Waals surface area contributed by atoms with Gasteiger partial charge in [-0.1, -0.05) is 32.9 Å². The molecule has 0 aliphatic heterocycles. The molecule has 0 radical (unpaired) electrons. The molecule has 2 N–H and O–H groups in total. The van der Waals surface area contributed by atoms with E-state index in [2.05, 4.69) is 10.6 Å². The largest absolute Gasteiger partial charge is 0.493 e. The number of thiophene rings is 1. The number of methoxy groups -OCH3 is 1. The van der Waals surface area contributed by atoms with Crippen LogP contribution in [-0.4, -0.2) is 31.6 Å². The number of nitrogens with one attached hydrogen (secondary N) is 2. The molecule has 0 spiro atoms. The molecule has 0 bridgehead atoms. The highest BCUT2D eigenvalue weighted by Gasteiger charge is 2.24. The fraction of sp³-hybridized carbons (Fsp3) is 0.429. The first kappa shape index (κ1) is 21.8. The van der Waals surface area contributed by atoms with Crippen LogP contribution in [0.1, 0.15) is 42.4 Å². The molecule has 0 aliphatic carbocycles. The SMILES string of the molecule is CCCOc1ccc(CNC(=O)C(NC(=O)c2cccs2)C(C)C)cc1OC. The van der Waals surface area contributed by atoms with E-state index >= 15 is 0 Å². The van der Waals surface area contributed by atoms with Crippen LogP contribution in [0.15, 0.2) is 35.7 Å². The van der Waals surface area contributed by atoms with Gasteiger partial charge < -0.3 is 20.1 Å². The molecular weight excluding hydrogens is 376 g/mol. The van der Waals surface area contributed by atoms with Gasteiger partial charge in [-0.15, -0.1) is 11.3 Å². The molecule has 0 aliphatic rings. The van der Waals surface area contributed by atoms with Gasteiger partial charge >= 0.3 is 0 Å². The molecule has 152 valence electrons. The maximum Gasteiger partial charge on any atom is 0.262 e. The number of carbonyl (C=O) groups excluding carboxylic acids is 2. The molecule has 0 saturated heterocycles.